The van der Waals surface area contributed by atoms with E-state index in [-0.39, 0.29) is 40.1 Å². The number of amides is 1. The molecular formula is C24H28ClFN6O3. The Morgan fingerprint density at radius 1 is 1.20 bits per heavy atom. The van der Waals surface area contributed by atoms with E-state index in [4.69, 9.17) is 11.6 Å². The van der Waals surface area contributed by atoms with Gasteiger partial charge in [0.1, 0.15) is 5.82 Å². The molecule has 35 heavy (non-hydrogen) atoms. The lowest BCUT2D eigenvalue weighted by molar-refractivity contribution is -0.125. The Balaban J connectivity index is 1.59. The summed E-state index contributed by atoms with van der Waals surface area (Å²) in [6.07, 6.45) is 3.84. The predicted octanol–water partition coefficient (Wildman–Crippen LogP) is 2.02. The summed E-state index contributed by atoms with van der Waals surface area (Å²) < 4.78 is 18.7. The van der Waals surface area contributed by atoms with E-state index in [2.05, 4.69) is 10.3 Å². The largest absolute Gasteiger partial charge is 0.356 e. The maximum Gasteiger partial charge on any atom is 0.332 e. The molecule has 1 amide bonds. The van der Waals surface area contributed by atoms with Crippen molar-refractivity contribution in [3.05, 3.63) is 55.4 Å². The van der Waals surface area contributed by atoms with Crippen LogP contribution in [0, 0.1) is 17.7 Å². The van der Waals surface area contributed by atoms with E-state index < -0.39 is 17.1 Å². The molecular weight excluding hydrogens is 475 g/mol. The van der Waals surface area contributed by atoms with Crippen LogP contribution in [-0.2, 0) is 25.4 Å². The number of hydrogen-bond acceptors (Lipinski definition) is 5. The molecule has 5 rings (SSSR count). The fraction of sp³-hybridized carbons (Fsp3) is 0.500. The van der Waals surface area contributed by atoms with Gasteiger partial charge < -0.3 is 10.2 Å². The molecule has 1 unspecified atom stereocenters. The molecule has 1 saturated carbocycles. The molecule has 9 nitrogen and oxygen atoms in total. The number of carbonyl (C=O) groups is 1. The Morgan fingerprint density at radius 2 is 1.97 bits per heavy atom. The number of benzene rings is 1. The third-order valence-electron chi connectivity index (χ3n) is 7.04. The topological polar surface area (TPSA) is 94.2 Å². The number of aryl methyl sites for hydroxylation is 1. The van der Waals surface area contributed by atoms with E-state index in [0.29, 0.717) is 31.5 Å². The standard InChI is InChI=1S/C24H28ClFN6O3/c1-29-20-19(22(34)30(2)24(29)35)32(13-16-17(25)6-3-7-18(16)26)23(28-20)31-10-4-5-15(12-31)21(33)27-11-14-8-9-14/h3,6-7,14-15H,4-5,8-13H2,1-2H3,(H,27,33). The van der Waals surface area contributed by atoms with Crippen LogP contribution in [0.25, 0.3) is 11.2 Å². The van der Waals surface area contributed by atoms with Gasteiger partial charge in [-0.3, -0.25) is 23.3 Å². The van der Waals surface area contributed by atoms with Crippen molar-refractivity contribution in [3.8, 4) is 0 Å². The first kappa shape index (κ1) is 23.6. The zero-order valence-electron chi connectivity index (χ0n) is 19.8. The minimum atomic E-state index is -0.523. The van der Waals surface area contributed by atoms with Gasteiger partial charge in [-0.2, -0.15) is 4.98 Å². The fourth-order valence-corrected chi connectivity index (χ4v) is 4.97. The average Bonchev–Trinajstić information content (AvgIpc) is 3.61. The molecule has 3 heterocycles. The summed E-state index contributed by atoms with van der Waals surface area (Å²) in [7, 11) is 2.95. The number of rotatable bonds is 6. The summed E-state index contributed by atoms with van der Waals surface area (Å²) in [5.74, 6) is 0.301. The summed E-state index contributed by atoms with van der Waals surface area (Å²) in [6.45, 7) is 1.70. The number of nitrogens with zero attached hydrogens (tertiary/aromatic N) is 5. The van der Waals surface area contributed by atoms with E-state index in [1.807, 2.05) is 4.90 Å². The van der Waals surface area contributed by atoms with Crippen molar-refractivity contribution in [2.75, 3.05) is 24.5 Å². The van der Waals surface area contributed by atoms with Crippen molar-refractivity contribution in [1.29, 1.82) is 0 Å². The second kappa shape index (κ2) is 9.14. The molecule has 1 saturated heterocycles. The highest BCUT2D eigenvalue weighted by molar-refractivity contribution is 6.31. The van der Waals surface area contributed by atoms with E-state index in [0.717, 1.165) is 30.3 Å². The molecule has 2 aromatic heterocycles. The summed E-state index contributed by atoms with van der Waals surface area (Å²) in [6, 6.07) is 4.43. The summed E-state index contributed by atoms with van der Waals surface area (Å²) >= 11 is 6.31. The number of aromatic nitrogens is 4. The number of piperidine rings is 1. The summed E-state index contributed by atoms with van der Waals surface area (Å²) in [5.41, 5.74) is -0.407. The smallest absolute Gasteiger partial charge is 0.332 e. The molecule has 0 bridgehead atoms. The van der Waals surface area contributed by atoms with Gasteiger partial charge in [0.2, 0.25) is 11.9 Å². The number of imidazole rings is 1. The van der Waals surface area contributed by atoms with Crippen LogP contribution in [0.3, 0.4) is 0 Å². The SMILES string of the molecule is Cn1c(=O)c2c(nc(N3CCCC(C(=O)NCC4CC4)C3)n2Cc2c(F)cccc2Cl)n(C)c1=O. The molecule has 1 aliphatic carbocycles. The van der Waals surface area contributed by atoms with Crippen molar-refractivity contribution >= 4 is 34.6 Å². The highest BCUT2D eigenvalue weighted by atomic mass is 35.5. The van der Waals surface area contributed by atoms with Crippen molar-refractivity contribution in [3.63, 3.8) is 0 Å². The van der Waals surface area contributed by atoms with E-state index in [1.54, 1.807) is 17.7 Å². The molecule has 1 aliphatic heterocycles. The van der Waals surface area contributed by atoms with E-state index in [9.17, 15) is 18.8 Å². The van der Waals surface area contributed by atoms with Crippen LogP contribution in [0.1, 0.15) is 31.2 Å². The highest BCUT2D eigenvalue weighted by Gasteiger charge is 2.31. The Bertz CT molecular complexity index is 1400. The molecule has 2 fully saturated rings. The Morgan fingerprint density at radius 3 is 2.69 bits per heavy atom. The van der Waals surface area contributed by atoms with Gasteiger partial charge in [-0.25, -0.2) is 9.18 Å². The quantitative estimate of drug-likeness (QED) is 0.556. The summed E-state index contributed by atoms with van der Waals surface area (Å²) in [5, 5.41) is 3.29. The molecule has 0 radical (unpaired) electrons. The number of nitrogens with one attached hydrogen (secondary N) is 1. The first-order chi connectivity index (χ1) is 16.8. The van der Waals surface area contributed by atoms with Crippen LogP contribution in [0.5, 0.6) is 0 Å². The minimum absolute atomic E-state index is 0.0183. The number of anilines is 1. The monoisotopic (exact) mass is 502 g/mol. The zero-order chi connectivity index (χ0) is 24.9. The van der Waals surface area contributed by atoms with Gasteiger partial charge in [-0.05, 0) is 43.7 Å². The molecule has 1 atom stereocenters. The molecule has 3 aromatic rings. The third kappa shape index (κ3) is 4.35. The van der Waals surface area contributed by atoms with Gasteiger partial charge in [0.15, 0.2) is 11.2 Å². The van der Waals surface area contributed by atoms with Gasteiger partial charge in [-0.15, -0.1) is 0 Å². The van der Waals surface area contributed by atoms with Crippen LogP contribution in [0.4, 0.5) is 10.3 Å². The first-order valence-electron chi connectivity index (χ1n) is 11.9. The second-order valence-electron chi connectivity index (χ2n) is 9.55. The van der Waals surface area contributed by atoms with Crippen LogP contribution >= 0.6 is 11.6 Å². The predicted molar refractivity (Wildman–Crippen MR) is 131 cm³/mol. The molecule has 11 heteroatoms. The fourth-order valence-electron chi connectivity index (χ4n) is 4.75. The van der Waals surface area contributed by atoms with Gasteiger partial charge in [0.05, 0.1) is 12.5 Å². The van der Waals surface area contributed by atoms with Crippen LogP contribution < -0.4 is 21.5 Å². The Hall–Kier alpha value is -3.14. The van der Waals surface area contributed by atoms with Crippen LogP contribution in [0.2, 0.25) is 5.02 Å². The lowest BCUT2D eigenvalue weighted by Crippen LogP contribution is -2.44. The van der Waals surface area contributed by atoms with Crippen molar-refractivity contribution in [2.45, 2.75) is 32.2 Å². The van der Waals surface area contributed by atoms with Crippen molar-refractivity contribution < 1.29 is 9.18 Å². The first-order valence-corrected chi connectivity index (χ1v) is 12.3. The van der Waals surface area contributed by atoms with Gasteiger partial charge >= 0.3 is 5.69 Å². The van der Waals surface area contributed by atoms with Gasteiger partial charge in [0, 0.05) is 44.3 Å². The van der Waals surface area contributed by atoms with E-state index >= 15 is 0 Å². The lowest BCUT2D eigenvalue weighted by atomic mass is 9.97. The average molecular weight is 503 g/mol. The Kier molecular flexibility index (Phi) is 6.16. The molecule has 1 aromatic carbocycles. The van der Waals surface area contributed by atoms with Crippen LogP contribution in [0.15, 0.2) is 27.8 Å². The van der Waals surface area contributed by atoms with Crippen molar-refractivity contribution in [2.24, 2.45) is 25.9 Å². The summed E-state index contributed by atoms with van der Waals surface area (Å²) in [4.78, 5) is 45.2. The highest BCUT2D eigenvalue weighted by Crippen LogP contribution is 2.30. The number of fused-ring (bicyclic) bond motifs is 1. The zero-order valence-corrected chi connectivity index (χ0v) is 20.5. The minimum Gasteiger partial charge on any atom is -0.356 e. The molecule has 2 aliphatic rings. The number of halogens is 2. The van der Waals surface area contributed by atoms with Crippen LogP contribution in [-0.4, -0.2) is 44.2 Å². The molecule has 186 valence electrons. The third-order valence-corrected chi connectivity index (χ3v) is 7.40. The van der Waals surface area contributed by atoms with Crippen molar-refractivity contribution in [1.82, 2.24) is 24.0 Å². The van der Waals surface area contributed by atoms with Gasteiger partial charge in [-0.1, -0.05) is 17.7 Å². The maximum absolute atomic E-state index is 14.7. The molecule has 0 spiro atoms. The second-order valence-corrected chi connectivity index (χ2v) is 9.96. The number of hydrogen-bond donors (Lipinski definition) is 1. The lowest BCUT2D eigenvalue weighted by Gasteiger charge is -2.33. The van der Waals surface area contributed by atoms with E-state index in [1.165, 1.54) is 23.7 Å². The number of carbonyl (C=O) groups excluding carboxylic acids is 1. The molecule has 1 N–H and O–H groups in total. The Labute approximate surface area is 206 Å². The van der Waals surface area contributed by atoms with Gasteiger partial charge in [0.25, 0.3) is 5.56 Å². The normalized spacial score (nSPS) is 18.3. The maximum atomic E-state index is 14.7.